The van der Waals surface area contributed by atoms with Crippen LogP contribution in [0.1, 0.15) is 21.5 Å². The van der Waals surface area contributed by atoms with Gasteiger partial charge in [0.15, 0.2) is 0 Å². The van der Waals surface area contributed by atoms with Crippen molar-refractivity contribution in [2.45, 2.75) is 11.5 Å². The van der Waals surface area contributed by atoms with E-state index in [1.54, 1.807) is 36.4 Å². The van der Waals surface area contributed by atoms with Crippen LogP contribution in [0.2, 0.25) is 20.1 Å². The lowest BCUT2D eigenvalue weighted by atomic mass is 10.1. The summed E-state index contributed by atoms with van der Waals surface area (Å²) >= 11 is 26.8. The molecule has 12 heteroatoms. The maximum absolute atomic E-state index is 12.6. The van der Waals surface area contributed by atoms with Gasteiger partial charge in [0.25, 0.3) is 0 Å². The molecule has 0 heterocycles. The summed E-state index contributed by atoms with van der Waals surface area (Å²) < 4.78 is 0. The van der Waals surface area contributed by atoms with Gasteiger partial charge < -0.3 is 15.7 Å². The number of carbonyl (C=O) groups is 3. The zero-order valence-electron chi connectivity index (χ0n) is 19.0. The molecule has 6 nitrogen and oxygen atoms in total. The van der Waals surface area contributed by atoms with Gasteiger partial charge in [-0.2, -0.15) is 0 Å². The van der Waals surface area contributed by atoms with Crippen molar-refractivity contribution >= 4 is 99.1 Å². The first-order valence-corrected chi connectivity index (χ1v) is 14.4. The highest BCUT2D eigenvalue weighted by atomic mass is 35.5. The molecule has 3 N–H and O–H groups in total. The fourth-order valence-electron chi connectivity index (χ4n) is 3.05. The molecule has 0 unspecified atom stereocenters. The Balaban J connectivity index is 1.58. The van der Waals surface area contributed by atoms with Crippen LogP contribution >= 0.6 is 69.9 Å². The molecule has 0 atom stereocenters. The Morgan fingerprint density at radius 1 is 0.676 bits per heavy atom. The molecule has 0 aliphatic carbocycles. The van der Waals surface area contributed by atoms with Crippen molar-refractivity contribution in [2.75, 3.05) is 22.1 Å². The quantitative estimate of drug-likeness (QED) is 0.204. The molecule has 3 rings (SSSR count). The number of carboxylic acid groups (broad SMARTS) is 1. The molecule has 0 aliphatic rings. The monoisotopic (exact) mass is 616 g/mol. The van der Waals surface area contributed by atoms with Gasteiger partial charge >= 0.3 is 5.97 Å². The molecule has 3 aromatic rings. The third kappa shape index (κ3) is 9.32. The van der Waals surface area contributed by atoms with E-state index in [0.29, 0.717) is 37.3 Å². The normalized spacial score (nSPS) is 10.7. The summed E-state index contributed by atoms with van der Waals surface area (Å²) in [6.45, 7) is 0. The molecule has 194 valence electrons. The third-order valence-electron chi connectivity index (χ3n) is 4.83. The van der Waals surface area contributed by atoms with Crippen LogP contribution in [0.5, 0.6) is 0 Å². The lowest BCUT2D eigenvalue weighted by Crippen LogP contribution is -2.19. The first-order chi connectivity index (χ1) is 17.6. The molecule has 0 fully saturated rings. The molecule has 0 aromatic heterocycles. The third-order valence-corrected chi connectivity index (χ3v) is 7.96. The second-order valence-electron chi connectivity index (χ2n) is 7.62. The molecule has 2 amide bonds. The number of carbonyl (C=O) groups excluding carboxylic acids is 2. The maximum Gasteiger partial charge on any atom is 0.335 e. The van der Waals surface area contributed by atoms with Gasteiger partial charge in [0, 0.05) is 31.6 Å². The molecule has 0 spiro atoms. The first-order valence-electron chi connectivity index (χ1n) is 10.6. The van der Waals surface area contributed by atoms with Crippen LogP contribution in [0.15, 0.2) is 54.6 Å². The van der Waals surface area contributed by atoms with E-state index in [-0.39, 0.29) is 34.6 Å². The highest BCUT2D eigenvalue weighted by molar-refractivity contribution is 7.99. The molecule has 3 aromatic carbocycles. The van der Waals surface area contributed by atoms with Crippen LogP contribution in [-0.2, 0) is 21.1 Å². The summed E-state index contributed by atoms with van der Waals surface area (Å²) in [7, 11) is 0. The van der Waals surface area contributed by atoms with Gasteiger partial charge in [-0.15, -0.1) is 23.5 Å². The van der Waals surface area contributed by atoms with Gasteiger partial charge in [-0.3, -0.25) is 9.59 Å². The summed E-state index contributed by atoms with van der Waals surface area (Å²) in [5.41, 5.74) is 2.14. The van der Waals surface area contributed by atoms with Gasteiger partial charge in [0.05, 0.1) is 28.4 Å². The minimum atomic E-state index is -1.16. The number of thioether (sulfide) groups is 2. The number of hydrogen-bond acceptors (Lipinski definition) is 5. The van der Waals surface area contributed by atoms with E-state index >= 15 is 0 Å². The van der Waals surface area contributed by atoms with Crippen LogP contribution in [-0.4, -0.2) is 34.4 Å². The lowest BCUT2D eigenvalue weighted by Gasteiger charge is -2.14. The van der Waals surface area contributed by atoms with Crippen molar-refractivity contribution in [1.82, 2.24) is 0 Å². The van der Waals surface area contributed by atoms with E-state index in [2.05, 4.69) is 10.6 Å². The summed E-state index contributed by atoms with van der Waals surface area (Å²) in [4.78, 5) is 36.5. The highest BCUT2D eigenvalue weighted by Crippen LogP contribution is 2.28. The largest absolute Gasteiger partial charge is 0.478 e. The van der Waals surface area contributed by atoms with E-state index in [4.69, 9.17) is 46.4 Å². The smallest absolute Gasteiger partial charge is 0.335 e. The zero-order valence-corrected chi connectivity index (χ0v) is 23.7. The van der Waals surface area contributed by atoms with Gasteiger partial charge in [-0.05, 0) is 53.6 Å². The molecule has 0 radical (unpaired) electrons. The Labute approximate surface area is 242 Å². The Hall–Kier alpha value is -2.07. The van der Waals surface area contributed by atoms with Crippen molar-refractivity contribution < 1.29 is 19.5 Å². The van der Waals surface area contributed by atoms with Crippen LogP contribution in [0.3, 0.4) is 0 Å². The summed E-state index contributed by atoms with van der Waals surface area (Å²) in [6.07, 6.45) is 0. The van der Waals surface area contributed by atoms with E-state index < -0.39 is 5.97 Å². The van der Waals surface area contributed by atoms with E-state index in [1.165, 1.54) is 41.7 Å². The zero-order chi connectivity index (χ0) is 26.9. The van der Waals surface area contributed by atoms with Crippen molar-refractivity contribution in [3.8, 4) is 0 Å². The molecular weight excluding hydrogens is 598 g/mol. The number of aromatic carboxylic acids is 1. The summed E-state index contributed by atoms with van der Waals surface area (Å²) in [5.74, 6) is -0.654. The Morgan fingerprint density at radius 3 is 1.62 bits per heavy atom. The average molecular weight is 618 g/mol. The maximum atomic E-state index is 12.6. The number of nitrogens with one attached hydrogen (secondary N) is 2. The standard InChI is InChI=1S/C25H20Cl4N2O4S2/c26-17-4-1-15(19(28)8-17)10-36-12-23(32)30-21-6-3-14(25(34)35)7-22(21)31-24(33)13-37-11-16-2-5-18(27)9-20(16)29/h1-9H,10-13H2,(H,30,32)(H,31,33)(H,34,35). The van der Waals surface area contributed by atoms with Crippen LogP contribution in [0, 0.1) is 0 Å². The highest BCUT2D eigenvalue weighted by Gasteiger charge is 2.14. The van der Waals surface area contributed by atoms with E-state index in [9.17, 15) is 19.5 Å². The van der Waals surface area contributed by atoms with Crippen molar-refractivity contribution in [1.29, 1.82) is 0 Å². The van der Waals surface area contributed by atoms with Crippen molar-refractivity contribution in [3.63, 3.8) is 0 Å². The SMILES string of the molecule is O=C(CSCc1ccc(Cl)cc1Cl)Nc1ccc(C(=O)O)cc1NC(=O)CSCc1ccc(Cl)cc1Cl. The number of benzene rings is 3. The molecule has 0 aliphatic heterocycles. The van der Waals surface area contributed by atoms with Crippen LogP contribution < -0.4 is 10.6 Å². The number of amides is 2. The summed E-state index contributed by atoms with van der Waals surface area (Å²) in [5, 5.41) is 16.8. The van der Waals surface area contributed by atoms with E-state index in [0.717, 1.165) is 11.1 Å². The molecular formula is C25H20Cl4N2O4S2. The summed E-state index contributed by atoms with van der Waals surface area (Å²) in [6, 6.07) is 14.4. The van der Waals surface area contributed by atoms with E-state index in [1.807, 2.05) is 0 Å². The number of rotatable bonds is 11. The molecule has 0 saturated carbocycles. The number of carboxylic acids is 1. The minimum Gasteiger partial charge on any atom is -0.478 e. The second kappa shape index (κ2) is 14.2. The van der Waals surface area contributed by atoms with Crippen molar-refractivity contribution in [2.24, 2.45) is 0 Å². The minimum absolute atomic E-state index is 0.0272. The average Bonchev–Trinajstić information content (AvgIpc) is 2.83. The molecule has 0 saturated heterocycles. The van der Waals surface area contributed by atoms with Gasteiger partial charge in [0.1, 0.15) is 0 Å². The number of anilines is 2. The Morgan fingerprint density at radius 2 is 1.16 bits per heavy atom. The fraction of sp³-hybridized carbons (Fsp3) is 0.160. The van der Waals surface area contributed by atoms with Gasteiger partial charge in [-0.1, -0.05) is 58.5 Å². The van der Waals surface area contributed by atoms with Crippen LogP contribution in [0.25, 0.3) is 0 Å². The van der Waals surface area contributed by atoms with Crippen molar-refractivity contribution in [3.05, 3.63) is 91.4 Å². The predicted molar refractivity (Wildman–Crippen MR) is 156 cm³/mol. The predicted octanol–water partition coefficient (Wildman–Crippen LogP) is 7.74. The first kappa shape index (κ1) is 29.5. The van der Waals surface area contributed by atoms with Gasteiger partial charge in [0.2, 0.25) is 11.8 Å². The number of halogens is 4. The van der Waals surface area contributed by atoms with Gasteiger partial charge in [-0.25, -0.2) is 4.79 Å². The molecule has 37 heavy (non-hydrogen) atoms. The lowest BCUT2D eigenvalue weighted by molar-refractivity contribution is -0.114. The Bertz CT molecular complexity index is 1320. The van der Waals surface area contributed by atoms with Crippen LogP contribution in [0.4, 0.5) is 11.4 Å². The second-order valence-corrected chi connectivity index (χ2v) is 11.3. The number of hydrogen-bond donors (Lipinski definition) is 3. The topological polar surface area (TPSA) is 95.5 Å². The fourth-order valence-corrected chi connectivity index (χ4v) is 5.82. The Kier molecular flexibility index (Phi) is 11.3. The molecule has 0 bridgehead atoms.